The molecule has 3 rings (SSSR count). The van der Waals surface area contributed by atoms with E-state index in [1.165, 1.54) is 6.07 Å². The van der Waals surface area contributed by atoms with E-state index in [1.807, 2.05) is 0 Å². The van der Waals surface area contributed by atoms with Crippen molar-refractivity contribution in [3.8, 4) is 17.2 Å². The van der Waals surface area contributed by atoms with Crippen molar-refractivity contribution in [1.29, 1.82) is 0 Å². The van der Waals surface area contributed by atoms with Gasteiger partial charge in [-0.25, -0.2) is 4.79 Å². The first-order valence-corrected chi connectivity index (χ1v) is 8.21. The van der Waals surface area contributed by atoms with Crippen LogP contribution in [0.15, 0.2) is 42.5 Å². The Morgan fingerprint density at radius 3 is 2.65 bits per heavy atom. The average molecular weight is 378 g/mol. The number of benzene rings is 2. The summed E-state index contributed by atoms with van der Waals surface area (Å²) in [6.45, 7) is 0.301. The molecule has 1 heterocycles. The number of ether oxygens (including phenoxy) is 4. The smallest absolute Gasteiger partial charge is 0.338 e. The van der Waals surface area contributed by atoms with E-state index in [-0.39, 0.29) is 32.1 Å². The molecule has 1 N–H and O–H groups in total. The molecule has 8 heteroatoms. The molecular weight excluding hydrogens is 362 g/mol. The Morgan fingerprint density at radius 1 is 1.08 bits per heavy atom. The third-order valence-corrected chi connectivity index (χ3v) is 3.70. The second-order valence-electron chi connectivity index (χ2n) is 5.30. The van der Waals surface area contributed by atoms with Crippen LogP contribution in [0.4, 0.5) is 0 Å². The molecule has 1 amide bonds. The van der Waals surface area contributed by atoms with Gasteiger partial charge in [0, 0.05) is 5.02 Å². The fraction of sp³-hybridized carbons (Fsp3) is 0.222. The molecule has 0 radical (unpaired) electrons. The van der Waals surface area contributed by atoms with Crippen LogP contribution in [0.25, 0.3) is 0 Å². The summed E-state index contributed by atoms with van der Waals surface area (Å²) in [7, 11) is 0. The predicted molar refractivity (Wildman–Crippen MR) is 92.8 cm³/mol. The number of carbonyl (C=O) groups is 2. The lowest BCUT2D eigenvalue weighted by atomic mass is 10.2. The van der Waals surface area contributed by atoms with Gasteiger partial charge in [0.05, 0.1) is 12.1 Å². The summed E-state index contributed by atoms with van der Waals surface area (Å²) in [5.41, 5.74) is 0.285. The summed E-state index contributed by atoms with van der Waals surface area (Å²) in [6.07, 6.45) is 0. The molecule has 0 spiro atoms. The highest BCUT2D eigenvalue weighted by Gasteiger charge is 2.17. The minimum Gasteiger partial charge on any atom is -0.492 e. The molecule has 1 aliphatic rings. The van der Waals surface area contributed by atoms with Crippen molar-refractivity contribution >= 4 is 23.5 Å². The third-order valence-electron chi connectivity index (χ3n) is 3.45. The number of halogens is 1. The third kappa shape index (κ3) is 4.80. The van der Waals surface area contributed by atoms with Crippen LogP contribution in [-0.4, -0.2) is 38.4 Å². The summed E-state index contributed by atoms with van der Waals surface area (Å²) >= 11 is 5.78. The van der Waals surface area contributed by atoms with Gasteiger partial charge in [0.25, 0.3) is 5.91 Å². The zero-order valence-corrected chi connectivity index (χ0v) is 14.5. The van der Waals surface area contributed by atoms with Crippen molar-refractivity contribution < 1.29 is 28.5 Å². The Kier molecular flexibility index (Phi) is 5.80. The van der Waals surface area contributed by atoms with E-state index < -0.39 is 11.9 Å². The van der Waals surface area contributed by atoms with Crippen LogP contribution >= 0.6 is 11.6 Å². The molecule has 0 saturated heterocycles. The normalized spacial score (nSPS) is 11.7. The van der Waals surface area contributed by atoms with Crippen molar-refractivity contribution in [3.05, 3.63) is 53.1 Å². The van der Waals surface area contributed by atoms with E-state index in [2.05, 4.69) is 5.32 Å². The summed E-state index contributed by atoms with van der Waals surface area (Å²) in [5, 5.41) is 3.22. The van der Waals surface area contributed by atoms with Crippen LogP contribution in [-0.2, 0) is 9.53 Å². The minimum absolute atomic E-state index is 0.119. The van der Waals surface area contributed by atoms with Crippen molar-refractivity contribution in [2.45, 2.75) is 0 Å². The molecule has 2 aromatic rings. The van der Waals surface area contributed by atoms with Crippen molar-refractivity contribution in [2.24, 2.45) is 0 Å². The highest BCUT2D eigenvalue weighted by Crippen LogP contribution is 2.32. The molecule has 0 saturated carbocycles. The van der Waals surface area contributed by atoms with Crippen LogP contribution in [0.1, 0.15) is 10.4 Å². The molecule has 0 atom stereocenters. The molecule has 0 fully saturated rings. The van der Waals surface area contributed by atoms with E-state index in [4.69, 9.17) is 30.5 Å². The largest absolute Gasteiger partial charge is 0.492 e. The number of amides is 1. The van der Waals surface area contributed by atoms with Gasteiger partial charge in [0.15, 0.2) is 18.1 Å². The monoisotopic (exact) mass is 377 g/mol. The molecule has 0 unspecified atom stereocenters. The maximum Gasteiger partial charge on any atom is 0.338 e. The number of hydrogen-bond donors (Lipinski definition) is 1. The first kappa shape index (κ1) is 17.9. The lowest BCUT2D eigenvalue weighted by Gasteiger charge is -2.08. The summed E-state index contributed by atoms with van der Waals surface area (Å²) in [4.78, 5) is 23.7. The van der Waals surface area contributed by atoms with Crippen molar-refractivity contribution in [1.82, 2.24) is 5.32 Å². The van der Waals surface area contributed by atoms with Crippen molar-refractivity contribution in [2.75, 3.05) is 26.6 Å². The van der Waals surface area contributed by atoms with Gasteiger partial charge in [-0.05, 0) is 42.5 Å². The Morgan fingerprint density at radius 2 is 1.85 bits per heavy atom. The minimum atomic E-state index is -0.615. The maximum absolute atomic E-state index is 12.0. The lowest BCUT2D eigenvalue weighted by Crippen LogP contribution is -2.32. The number of fused-ring (bicyclic) bond motifs is 1. The lowest BCUT2D eigenvalue weighted by molar-refractivity contribution is -0.124. The second-order valence-corrected chi connectivity index (χ2v) is 5.73. The van der Waals surface area contributed by atoms with Gasteiger partial charge in [-0.3, -0.25) is 4.79 Å². The van der Waals surface area contributed by atoms with Gasteiger partial charge < -0.3 is 24.3 Å². The molecule has 7 nitrogen and oxygen atoms in total. The first-order valence-electron chi connectivity index (χ1n) is 7.83. The molecule has 0 bridgehead atoms. The van der Waals surface area contributed by atoms with E-state index in [9.17, 15) is 9.59 Å². The fourth-order valence-electron chi connectivity index (χ4n) is 2.18. The topological polar surface area (TPSA) is 83.1 Å². The Bertz CT molecular complexity index is 793. The second kappa shape index (κ2) is 8.44. The van der Waals surface area contributed by atoms with E-state index in [0.29, 0.717) is 22.3 Å². The first-order chi connectivity index (χ1) is 12.6. The number of carbonyl (C=O) groups excluding carboxylic acids is 2. The molecule has 0 aromatic heterocycles. The Balaban J connectivity index is 1.36. The van der Waals surface area contributed by atoms with Crippen LogP contribution in [0.3, 0.4) is 0 Å². The van der Waals surface area contributed by atoms with Crippen molar-refractivity contribution in [3.63, 3.8) is 0 Å². The number of esters is 1. The summed E-state index contributed by atoms with van der Waals surface area (Å²) in [5.74, 6) is 0.663. The van der Waals surface area contributed by atoms with Gasteiger partial charge in [-0.15, -0.1) is 0 Å². The number of rotatable bonds is 7. The van der Waals surface area contributed by atoms with Gasteiger partial charge in [0.1, 0.15) is 12.4 Å². The highest BCUT2D eigenvalue weighted by molar-refractivity contribution is 6.30. The summed E-state index contributed by atoms with van der Waals surface area (Å²) < 4.78 is 20.8. The zero-order chi connectivity index (χ0) is 18.4. The Labute approximate surface area is 154 Å². The summed E-state index contributed by atoms with van der Waals surface area (Å²) in [6, 6.07) is 11.6. The van der Waals surface area contributed by atoms with Crippen LogP contribution < -0.4 is 19.5 Å². The molecule has 0 aliphatic carbocycles. The molecule has 136 valence electrons. The van der Waals surface area contributed by atoms with Gasteiger partial charge in [-0.2, -0.15) is 0 Å². The molecule has 1 aliphatic heterocycles. The van der Waals surface area contributed by atoms with Crippen LogP contribution in [0.2, 0.25) is 5.02 Å². The Hall–Kier alpha value is -2.93. The number of nitrogens with one attached hydrogen (secondary N) is 1. The molecule has 26 heavy (non-hydrogen) atoms. The molecular formula is C18H16ClNO6. The average Bonchev–Trinajstić information content (AvgIpc) is 3.12. The quantitative estimate of drug-likeness (QED) is 0.589. The highest BCUT2D eigenvalue weighted by atomic mass is 35.5. The van der Waals surface area contributed by atoms with E-state index >= 15 is 0 Å². The van der Waals surface area contributed by atoms with E-state index in [0.717, 1.165) is 0 Å². The van der Waals surface area contributed by atoms with E-state index in [1.54, 1.807) is 36.4 Å². The fourth-order valence-corrected chi connectivity index (χ4v) is 2.31. The zero-order valence-electron chi connectivity index (χ0n) is 13.7. The SMILES string of the molecule is O=C(COC(=O)c1ccc2c(c1)OCO2)NCCOc1ccc(Cl)cc1. The number of hydrogen-bond acceptors (Lipinski definition) is 6. The van der Waals surface area contributed by atoms with Gasteiger partial charge in [0.2, 0.25) is 6.79 Å². The maximum atomic E-state index is 12.0. The van der Waals surface area contributed by atoms with Gasteiger partial charge in [-0.1, -0.05) is 11.6 Å². The standard InChI is InChI=1S/C18H16ClNO6/c19-13-2-4-14(5-3-13)23-8-7-20-17(21)10-24-18(22)12-1-6-15-16(9-12)26-11-25-15/h1-6,9H,7-8,10-11H2,(H,20,21). The predicted octanol–water partition coefficient (Wildman–Crippen LogP) is 2.42. The van der Waals surface area contributed by atoms with Gasteiger partial charge >= 0.3 is 5.97 Å². The molecule has 2 aromatic carbocycles. The van der Waals surface area contributed by atoms with Crippen LogP contribution in [0, 0.1) is 0 Å². The van der Waals surface area contributed by atoms with Crippen LogP contribution in [0.5, 0.6) is 17.2 Å².